The molecule has 3 rings (SSSR count). The normalized spacial score (nSPS) is 24.7. The number of rotatable bonds is 7. The van der Waals surface area contributed by atoms with Gasteiger partial charge in [0.05, 0.1) is 34.0 Å². The highest BCUT2D eigenvalue weighted by molar-refractivity contribution is 5.95. The van der Waals surface area contributed by atoms with E-state index < -0.39 is 0 Å². The maximum atomic E-state index is 13.0. The first-order valence-corrected chi connectivity index (χ1v) is 10.5. The van der Waals surface area contributed by atoms with Crippen molar-refractivity contribution >= 4 is 5.91 Å². The number of fused-ring (bicyclic) bond motifs is 1. The van der Waals surface area contributed by atoms with Gasteiger partial charge < -0.3 is 24.3 Å². The Morgan fingerprint density at radius 3 is 2.45 bits per heavy atom. The summed E-state index contributed by atoms with van der Waals surface area (Å²) < 4.78 is 22.2. The molecule has 162 valence electrons. The SMILES string of the molecule is COc1cc(C(=O)NC2OCC(CC(C)C)N3CCCCC23)cc(OC)c1OC. The number of methoxy groups -OCH3 is 3. The van der Waals surface area contributed by atoms with Gasteiger partial charge in [-0.15, -0.1) is 0 Å². The molecule has 3 unspecified atom stereocenters. The molecule has 0 aliphatic carbocycles. The molecule has 2 saturated heterocycles. The Balaban J connectivity index is 1.76. The van der Waals surface area contributed by atoms with E-state index in [0.717, 1.165) is 25.8 Å². The van der Waals surface area contributed by atoms with Crippen LogP contribution in [-0.4, -0.2) is 63.6 Å². The lowest BCUT2D eigenvalue weighted by molar-refractivity contribution is -0.127. The van der Waals surface area contributed by atoms with E-state index >= 15 is 0 Å². The minimum absolute atomic E-state index is 0.206. The third kappa shape index (κ3) is 4.78. The summed E-state index contributed by atoms with van der Waals surface area (Å²) in [6.07, 6.45) is 4.21. The molecule has 2 fully saturated rings. The molecule has 0 saturated carbocycles. The van der Waals surface area contributed by atoms with Crippen LogP contribution in [0.1, 0.15) is 49.9 Å². The number of nitrogens with one attached hydrogen (secondary N) is 1. The van der Waals surface area contributed by atoms with E-state index in [4.69, 9.17) is 18.9 Å². The molecule has 1 amide bonds. The second-order valence-corrected chi connectivity index (χ2v) is 8.23. The Hall–Kier alpha value is -1.99. The van der Waals surface area contributed by atoms with Gasteiger partial charge in [0, 0.05) is 11.6 Å². The number of carbonyl (C=O) groups excluding carboxylic acids is 1. The second kappa shape index (κ2) is 9.67. The van der Waals surface area contributed by atoms with Gasteiger partial charge in [-0.25, -0.2) is 0 Å². The number of hydrogen-bond donors (Lipinski definition) is 1. The lowest BCUT2D eigenvalue weighted by Gasteiger charge is -2.49. The minimum Gasteiger partial charge on any atom is -0.493 e. The molecule has 0 spiro atoms. The number of carbonyl (C=O) groups is 1. The summed E-state index contributed by atoms with van der Waals surface area (Å²) in [7, 11) is 4.62. The summed E-state index contributed by atoms with van der Waals surface area (Å²) in [6.45, 7) is 6.21. The van der Waals surface area contributed by atoms with Crippen molar-refractivity contribution < 1.29 is 23.7 Å². The summed E-state index contributed by atoms with van der Waals surface area (Å²) in [6, 6.07) is 3.97. The third-order valence-electron chi connectivity index (χ3n) is 5.82. The average Bonchev–Trinajstić information content (AvgIpc) is 2.73. The van der Waals surface area contributed by atoms with Crippen molar-refractivity contribution in [1.82, 2.24) is 10.2 Å². The number of amides is 1. The van der Waals surface area contributed by atoms with Crippen molar-refractivity contribution in [1.29, 1.82) is 0 Å². The van der Waals surface area contributed by atoms with E-state index in [0.29, 0.717) is 41.4 Å². The van der Waals surface area contributed by atoms with Crippen LogP contribution in [0.4, 0.5) is 0 Å². The van der Waals surface area contributed by atoms with Crippen molar-refractivity contribution in [2.75, 3.05) is 34.5 Å². The average molecular weight is 407 g/mol. The summed E-state index contributed by atoms with van der Waals surface area (Å²) in [4.78, 5) is 15.6. The van der Waals surface area contributed by atoms with Gasteiger partial charge in [-0.1, -0.05) is 20.3 Å². The van der Waals surface area contributed by atoms with Gasteiger partial charge in [0.1, 0.15) is 6.23 Å². The minimum atomic E-state index is -0.315. The highest BCUT2D eigenvalue weighted by atomic mass is 16.5. The summed E-state index contributed by atoms with van der Waals surface area (Å²) in [5, 5.41) is 3.09. The summed E-state index contributed by atoms with van der Waals surface area (Å²) in [5.74, 6) is 1.80. The molecule has 0 aromatic heterocycles. The van der Waals surface area contributed by atoms with E-state index in [1.54, 1.807) is 19.2 Å². The standard InChI is InChI=1S/C22H34N2O5/c1-14(2)10-16-13-29-22(17-8-6-7-9-24(16)17)23-21(25)15-11-18(26-3)20(28-5)19(12-15)27-4/h11-12,14,16-17,22H,6-10,13H2,1-5H3,(H,23,25). The van der Waals surface area contributed by atoms with Crippen molar-refractivity contribution in [2.24, 2.45) is 5.92 Å². The first-order valence-electron chi connectivity index (χ1n) is 10.5. The Labute approximate surface area is 173 Å². The smallest absolute Gasteiger partial charge is 0.253 e. The zero-order chi connectivity index (χ0) is 21.0. The predicted octanol–water partition coefficient (Wildman–Crippen LogP) is 3.07. The van der Waals surface area contributed by atoms with E-state index in [-0.39, 0.29) is 18.2 Å². The highest BCUT2D eigenvalue weighted by Gasteiger charge is 2.40. The molecular formula is C22H34N2O5. The van der Waals surface area contributed by atoms with Crippen LogP contribution in [-0.2, 0) is 4.74 Å². The van der Waals surface area contributed by atoms with Crippen LogP contribution in [0.15, 0.2) is 12.1 Å². The first kappa shape index (κ1) is 21.7. The molecule has 0 bridgehead atoms. The molecule has 1 aromatic rings. The number of nitrogens with zero attached hydrogens (tertiary/aromatic N) is 1. The van der Waals surface area contributed by atoms with Gasteiger partial charge in [0.25, 0.3) is 5.91 Å². The van der Waals surface area contributed by atoms with Gasteiger partial charge in [-0.2, -0.15) is 0 Å². The van der Waals surface area contributed by atoms with Crippen LogP contribution < -0.4 is 19.5 Å². The largest absolute Gasteiger partial charge is 0.493 e. The van der Waals surface area contributed by atoms with Crippen LogP contribution in [0.3, 0.4) is 0 Å². The van der Waals surface area contributed by atoms with E-state index in [1.807, 2.05) is 0 Å². The van der Waals surface area contributed by atoms with Gasteiger partial charge in [0.15, 0.2) is 11.5 Å². The molecule has 2 aliphatic rings. The predicted molar refractivity (Wildman–Crippen MR) is 111 cm³/mol. The molecule has 2 aliphatic heterocycles. The van der Waals surface area contributed by atoms with Gasteiger partial charge in [-0.05, 0) is 43.9 Å². The van der Waals surface area contributed by atoms with Crippen molar-refractivity contribution in [2.45, 2.75) is 57.8 Å². The van der Waals surface area contributed by atoms with Gasteiger partial charge >= 0.3 is 0 Å². The summed E-state index contributed by atoms with van der Waals surface area (Å²) >= 11 is 0. The monoisotopic (exact) mass is 406 g/mol. The van der Waals surface area contributed by atoms with Crippen LogP contribution >= 0.6 is 0 Å². The second-order valence-electron chi connectivity index (χ2n) is 8.23. The van der Waals surface area contributed by atoms with Crippen molar-refractivity contribution in [3.63, 3.8) is 0 Å². The van der Waals surface area contributed by atoms with Crippen LogP contribution in [0.5, 0.6) is 17.2 Å². The van der Waals surface area contributed by atoms with Crippen LogP contribution in [0, 0.1) is 5.92 Å². The van der Waals surface area contributed by atoms with E-state index in [2.05, 4.69) is 24.1 Å². The molecule has 29 heavy (non-hydrogen) atoms. The lowest BCUT2D eigenvalue weighted by Crippen LogP contribution is -2.63. The van der Waals surface area contributed by atoms with Crippen LogP contribution in [0.25, 0.3) is 0 Å². The maximum Gasteiger partial charge on any atom is 0.253 e. The molecule has 0 radical (unpaired) electrons. The first-order chi connectivity index (χ1) is 14.0. The number of piperidine rings is 1. The molecule has 7 nitrogen and oxygen atoms in total. The highest BCUT2D eigenvalue weighted by Crippen LogP contribution is 2.38. The zero-order valence-corrected chi connectivity index (χ0v) is 18.2. The maximum absolute atomic E-state index is 13.0. The zero-order valence-electron chi connectivity index (χ0n) is 18.2. The lowest BCUT2D eigenvalue weighted by atomic mass is 9.93. The fourth-order valence-corrected chi connectivity index (χ4v) is 4.49. The Bertz CT molecular complexity index is 683. The van der Waals surface area contributed by atoms with Crippen molar-refractivity contribution in [3.8, 4) is 17.2 Å². The quantitative estimate of drug-likeness (QED) is 0.751. The Kier molecular flexibility index (Phi) is 7.24. The summed E-state index contributed by atoms with van der Waals surface area (Å²) in [5.41, 5.74) is 0.453. The van der Waals surface area contributed by atoms with Crippen LogP contribution in [0.2, 0.25) is 0 Å². The van der Waals surface area contributed by atoms with E-state index in [9.17, 15) is 4.79 Å². The van der Waals surface area contributed by atoms with Gasteiger partial charge in [-0.3, -0.25) is 9.69 Å². The molecular weight excluding hydrogens is 372 g/mol. The number of benzene rings is 1. The third-order valence-corrected chi connectivity index (χ3v) is 5.82. The fourth-order valence-electron chi connectivity index (χ4n) is 4.49. The fraction of sp³-hybridized carbons (Fsp3) is 0.682. The molecule has 3 atom stereocenters. The van der Waals surface area contributed by atoms with Crippen molar-refractivity contribution in [3.05, 3.63) is 17.7 Å². The van der Waals surface area contributed by atoms with E-state index in [1.165, 1.54) is 20.6 Å². The molecule has 2 heterocycles. The topological polar surface area (TPSA) is 69.3 Å². The number of hydrogen-bond acceptors (Lipinski definition) is 6. The molecule has 1 N–H and O–H groups in total. The Morgan fingerprint density at radius 2 is 1.86 bits per heavy atom. The molecule has 7 heteroatoms. The Morgan fingerprint density at radius 1 is 1.17 bits per heavy atom. The number of morpholine rings is 1. The van der Waals surface area contributed by atoms with Gasteiger partial charge in [0.2, 0.25) is 5.75 Å². The molecule has 1 aromatic carbocycles. The number of ether oxygens (including phenoxy) is 4.